The molecule has 0 saturated carbocycles. The molecule has 0 fully saturated rings. The Morgan fingerprint density at radius 1 is 1.61 bits per heavy atom. The number of carbonyl (C=O) groups is 2. The Morgan fingerprint density at radius 3 is 2.72 bits per heavy atom. The minimum absolute atomic E-state index is 0.114. The zero-order valence-electron chi connectivity index (χ0n) is 10.2. The monoisotopic (exact) mass is 256 g/mol. The number of hydrogen-bond donors (Lipinski definition) is 4. The molecule has 0 radical (unpaired) electrons. The molecule has 2 unspecified atom stereocenters. The van der Waals surface area contributed by atoms with Crippen LogP contribution in [0.2, 0.25) is 0 Å². The van der Waals surface area contributed by atoms with Gasteiger partial charge in [0.15, 0.2) is 5.69 Å². The molecule has 100 valence electrons. The lowest BCUT2D eigenvalue weighted by Crippen LogP contribution is -2.41. The molecule has 18 heavy (non-hydrogen) atoms. The van der Waals surface area contributed by atoms with Crippen molar-refractivity contribution in [2.45, 2.75) is 26.3 Å². The van der Waals surface area contributed by atoms with Crippen molar-refractivity contribution in [2.75, 3.05) is 6.61 Å². The number of aliphatic carboxylic acids is 1. The molecule has 1 aromatic rings. The predicted octanol–water partition coefficient (Wildman–Crippen LogP) is -0.604. The van der Waals surface area contributed by atoms with E-state index in [0.29, 0.717) is 0 Å². The summed E-state index contributed by atoms with van der Waals surface area (Å²) in [7, 11) is 0. The zero-order valence-corrected chi connectivity index (χ0v) is 10.2. The first kappa shape index (κ1) is 14.1. The second kappa shape index (κ2) is 5.58. The highest BCUT2D eigenvalue weighted by atomic mass is 16.4. The second-order valence-corrected chi connectivity index (χ2v) is 4.46. The van der Waals surface area contributed by atoms with Gasteiger partial charge in [-0.1, -0.05) is 0 Å². The van der Waals surface area contributed by atoms with E-state index in [1.165, 1.54) is 13.1 Å². The summed E-state index contributed by atoms with van der Waals surface area (Å²) in [5.41, 5.74) is -1.15. The maximum Gasteiger partial charge on any atom is 0.311 e. The van der Waals surface area contributed by atoms with Gasteiger partial charge in [0.1, 0.15) is 0 Å². The van der Waals surface area contributed by atoms with Gasteiger partial charge in [-0.25, -0.2) is 0 Å². The molecule has 8 heteroatoms. The largest absolute Gasteiger partial charge is 0.481 e. The number of aromatic nitrogens is 3. The van der Waals surface area contributed by atoms with Crippen molar-refractivity contribution in [1.29, 1.82) is 0 Å². The minimum atomic E-state index is -1.28. The van der Waals surface area contributed by atoms with Gasteiger partial charge in [0.05, 0.1) is 18.2 Å². The number of carboxylic acids is 1. The summed E-state index contributed by atoms with van der Waals surface area (Å²) < 4.78 is 0. The van der Waals surface area contributed by atoms with E-state index in [2.05, 4.69) is 20.7 Å². The van der Waals surface area contributed by atoms with Gasteiger partial charge < -0.3 is 15.5 Å². The topological polar surface area (TPSA) is 128 Å². The van der Waals surface area contributed by atoms with E-state index in [-0.39, 0.29) is 12.1 Å². The number of nitrogens with one attached hydrogen (secondary N) is 2. The van der Waals surface area contributed by atoms with Crippen LogP contribution < -0.4 is 5.32 Å². The van der Waals surface area contributed by atoms with Crippen LogP contribution in [0.4, 0.5) is 0 Å². The summed E-state index contributed by atoms with van der Waals surface area (Å²) in [5.74, 6) is -1.55. The molecule has 1 amide bonds. The van der Waals surface area contributed by atoms with E-state index in [9.17, 15) is 9.59 Å². The molecule has 8 nitrogen and oxygen atoms in total. The Bertz CT molecular complexity index is 420. The fraction of sp³-hybridized carbons (Fsp3) is 0.600. The van der Waals surface area contributed by atoms with E-state index < -0.39 is 29.9 Å². The first-order chi connectivity index (χ1) is 8.39. The van der Waals surface area contributed by atoms with Gasteiger partial charge in [-0.2, -0.15) is 15.4 Å². The molecule has 0 aliphatic carbocycles. The van der Waals surface area contributed by atoms with E-state index in [1.54, 1.807) is 6.92 Å². The molecule has 4 N–H and O–H groups in total. The van der Waals surface area contributed by atoms with Crippen molar-refractivity contribution in [1.82, 2.24) is 20.7 Å². The maximum absolute atomic E-state index is 11.6. The van der Waals surface area contributed by atoms with Crippen LogP contribution in [0.15, 0.2) is 6.20 Å². The zero-order chi connectivity index (χ0) is 13.8. The van der Waals surface area contributed by atoms with Gasteiger partial charge in [-0.15, -0.1) is 0 Å². The fourth-order valence-electron chi connectivity index (χ4n) is 1.56. The average Bonchev–Trinajstić information content (AvgIpc) is 2.81. The van der Waals surface area contributed by atoms with Crippen molar-refractivity contribution in [2.24, 2.45) is 5.41 Å². The van der Waals surface area contributed by atoms with Crippen LogP contribution in [0.25, 0.3) is 0 Å². The molecular weight excluding hydrogens is 240 g/mol. The number of H-pyrrole nitrogens is 1. The van der Waals surface area contributed by atoms with Gasteiger partial charge in [0.2, 0.25) is 0 Å². The first-order valence-electron chi connectivity index (χ1n) is 5.40. The number of aliphatic hydroxyl groups is 1. The smallest absolute Gasteiger partial charge is 0.311 e. The number of rotatable bonds is 6. The summed E-state index contributed by atoms with van der Waals surface area (Å²) in [6.07, 6.45) is 1.38. The quantitative estimate of drug-likeness (QED) is 0.538. The molecule has 1 aromatic heterocycles. The third-order valence-electron chi connectivity index (χ3n) is 2.65. The van der Waals surface area contributed by atoms with Gasteiger partial charge in [0.25, 0.3) is 5.91 Å². The summed E-state index contributed by atoms with van der Waals surface area (Å²) in [6.45, 7) is 2.59. The SMILES string of the molecule is CC(CC(C)(CO)C(=O)O)NC(=O)c1cn[nH]n1. The van der Waals surface area contributed by atoms with E-state index in [4.69, 9.17) is 10.2 Å². The van der Waals surface area contributed by atoms with Crippen LogP contribution in [0.3, 0.4) is 0 Å². The fourth-order valence-corrected chi connectivity index (χ4v) is 1.56. The molecule has 1 rings (SSSR count). The van der Waals surface area contributed by atoms with Crippen LogP contribution >= 0.6 is 0 Å². The van der Waals surface area contributed by atoms with Crippen LogP contribution in [0, 0.1) is 5.41 Å². The van der Waals surface area contributed by atoms with E-state index in [0.717, 1.165) is 0 Å². The summed E-state index contributed by atoms with van der Waals surface area (Å²) in [4.78, 5) is 22.6. The Hall–Kier alpha value is -1.96. The Kier molecular flexibility index (Phi) is 4.38. The number of hydrogen-bond acceptors (Lipinski definition) is 5. The Morgan fingerprint density at radius 2 is 2.28 bits per heavy atom. The molecule has 0 saturated heterocycles. The van der Waals surface area contributed by atoms with Crippen molar-refractivity contribution < 1.29 is 19.8 Å². The number of carboxylic acid groups (broad SMARTS) is 1. The standard InChI is InChI=1S/C10H16N4O4/c1-6(3-10(2,5-15)9(17)18)12-8(16)7-4-11-14-13-7/h4,6,15H,3,5H2,1-2H3,(H,12,16)(H,17,18)(H,11,13,14). The Labute approximate surface area is 103 Å². The number of nitrogens with zero attached hydrogens (tertiary/aromatic N) is 2. The summed E-state index contributed by atoms with van der Waals surface area (Å²) >= 11 is 0. The maximum atomic E-state index is 11.6. The number of amides is 1. The molecular formula is C10H16N4O4. The van der Waals surface area contributed by atoms with Crippen LogP contribution in [0.1, 0.15) is 30.8 Å². The predicted molar refractivity (Wildman–Crippen MR) is 60.8 cm³/mol. The van der Waals surface area contributed by atoms with Crippen LogP contribution in [0.5, 0.6) is 0 Å². The van der Waals surface area contributed by atoms with Crippen molar-refractivity contribution >= 4 is 11.9 Å². The highest BCUT2D eigenvalue weighted by molar-refractivity contribution is 5.92. The Balaban J connectivity index is 2.59. The molecule has 0 spiro atoms. The van der Waals surface area contributed by atoms with Crippen molar-refractivity contribution in [3.63, 3.8) is 0 Å². The normalized spacial score (nSPS) is 15.7. The summed E-state index contributed by atoms with van der Waals surface area (Å²) in [6, 6.07) is -0.414. The van der Waals surface area contributed by atoms with Crippen LogP contribution in [-0.4, -0.2) is 50.1 Å². The molecule has 0 aromatic carbocycles. The number of aliphatic hydroxyl groups excluding tert-OH is 1. The lowest BCUT2D eigenvalue weighted by atomic mass is 9.85. The van der Waals surface area contributed by atoms with Crippen LogP contribution in [-0.2, 0) is 4.79 Å². The summed E-state index contributed by atoms with van der Waals surface area (Å²) in [5, 5.41) is 30.1. The lowest BCUT2D eigenvalue weighted by molar-refractivity contribution is -0.151. The molecule has 1 heterocycles. The van der Waals surface area contributed by atoms with Gasteiger partial charge in [-0.05, 0) is 20.3 Å². The van der Waals surface area contributed by atoms with Gasteiger partial charge in [-0.3, -0.25) is 9.59 Å². The number of carbonyl (C=O) groups excluding carboxylic acids is 1. The van der Waals surface area contributed by atoms with Gasteiger partial charge >= 0.3 is 5.97 Å². The second-order valence-electron chi connectivity index (χ2n) is 4.46. The first-order valence-corrected chi connectivity index (χ1v) is 5.40. The highest BCUT2D eigenvalue weighted by Gasteiger charge is 2.34. The van der Waals surface area contributed by atoms with Crippen molar-refractivity contribution in [3.8, 4) is 0 Å². The third-order valence-corrected chi connectivity index (χ3v) is 2.65. The number of aromatic amines is 1. The third kappa shape index (κ3) is 3.27. The van der Waals surface area contributed by atoms with E-state index >= 15 is 0 Å². The molecule has 0 bridgehead atoms. The van der Waals surface area contributed by atoms with Gasteiger partial charge in [0, 0.05) is 6.04 Å². The minimum Gasteiger partial charge on any atom is -0.481 e. The van der Waals surface area contributed by atoms with Crippen molar-refractivity contribution in [3.05, 3.63) is 11.9 Å². The molecule has 0 aliphatic heterocycles. The molecule has 2 atom stereocenters. The molecule has 0 aliphatic rings. The lowest BCUT2D eigenvalue weighted by Gasteiger charge is -2.26. The van der Waals surface area contributed by atoms with E-state index in [1.807, 2.05) is 0 Å². The highest BCUT2D eigenvalue weighted by Crippen LogP contribution is 2.22. The average molecular weight is 256 g/mol.